The third kappa shape index (κ3) is 3.72. The number of hydrogen-bond donors (Lipinski definition) is 1. The van der Waals surface area contributed by atoms with Gasteiger partial charge in [0.15, 0.2) is 5.82 Å². The van der Waals surface area contributed by atoms with Gasteiger partial charge in [0.2, 0.25) is 0 Å². The molecule has 3 rings (SSSR count). The summed E-state index contributed by atoms with van der Waals surface area (Å²) in [5.74, 6) is 0.547. The van der Waals surface area contributed by atoms with Crippen molar-refractivity contribution in [1.29, 1.82) is 0 Å². The van der Waals surface area contributed by atoms with Crippen LogP contribution in [0.4, 0.5) is 0 Å². The minimum atomic E-state index is -0.151. The molecule has 1 N–H and O–H groups in total. The van der Waals surface area contributed by atoms with E-state index in [0.717, 1.165) is 11.3 Å². The Bertz CT molecular complexity index is 859. The van der Waals surface area contributed by atoms with Gasteiger partial charge in [-0.2, -0.15) is 5.10 Å². The molecular weight excluding hydrogens is 336 g/mol. The van der Waals surface area contributed by atoms with Crippen molar-refractivity contribution in [3.8, 4) is 5.82 Å². The Kier molecular flexibility index (Phi) is 5.14. The molecule has 0 saturated carbocycles. The van der Waals surface area contributed by atoms with E-state index in [4.69, 9.17) is 11.6 Å². The number of aromatic nitrogens is 3. The van der Waals surface area contributed by atoms with Crippen LogP contribution in [-0.2, 0) is 6.42 Å². The smallest absolute Gasteiger partial charge is 0.255 e. The Labute approximate surface area is 151 Å². The zero-order valence-corrected chi connectivity index (χ0v) is 14.9. The number of pyridine rings is 1. The normalized spacial score (nSPS) is 12.0. The second-order valence-corrected chi connectivity index (χ2v) is 6.14. The van der Waals surface area contributed by atoms with Gasteiger partial charge in [-0.3, -0.25) is 4.79 Å². The van der Waals surface area contributed by atoms with Crippen molar-refractivity contribution in [3.05, 3.63) is 76.7 Å². The van der Waals surface area contributed by atoms with E-state index < -0.39 is 0 Å². The van der Waals surface area contributed by atoms with Crippen LogP contribution in [0.5, 0.6) is 0 Å². The lowest BCUT2D eigenvalue weighted by molar-refractivity contribution is 0.0939. The molecule has 0 aliphatic carbocycles. The standard InChI is InChI=1S/C19H19ClN4O/c1-3-17-16(12-22-24(17)18-6-4-5-11-21-18)19(25)23-13(2)14-7-9-15(20)10-8-14/h4-13H,3H2,1-2H3,(H,23,25)/t13-/m1/s1. The van der Waals surface area contributed by atoms with Crippen LogP contribution in [-0.4, -0.2) is 20.7 Å². The molecule has 1 aromatic carbocycles. The Hall–Kier alpha value is -2.66. The van der Waals surface area contributed by atoms with Crippen LogP contribution in [0.3, 0.4) is 0 Å². The van der Waals surface area contributed by atoms with Crippen LogP contribution >= 0.6 is 11.6 Å². The molecule has 0 unspecified atom stereocenters. The van der Waals surface area contributed by atoms with E-state index in [0.29, 0.717) is 22.8 Å². The molecule has 0 aliphatic heterocycles. The van der Waals surface area contributed by atoms with Crippen LogP contribution in [0.1, 0.15) is 41.5 Å². The number of rotatable bonds is 5. The van der Waals surface area contributed by atoms with E-state index in [1.54, 1.807) is 17.1 Å². The zero-order valence-electron chi connectivity index (χ0n) is 14.1. The predicted octanol–water partition coefficient (Wildman–Crippen LogP) is 3.97. The number of nitrogens with zero attached hydrogens (tertiary/aromatic N) is 3. The predicted molar refractivity (Wildman–Crippen MR) is 98.1 cm³/mol. The van der Waals surface area contributed by atoms with Crippen molar-refractivity contribution in [2.75, 3.05) is 0 Å². The fourth-order valence-corrected chi connectivity index (χ4v) is 2.82. The van der Waals surface area contributed by atoms with Crippen LogP contribution in [0, 0.1) is 0 Å². The molecule has 0 aliphatic rings. The molecule has 2 heterocycles. The maximum absolute atomic E-state index is 12.7. The quantitative estimate of drug-likeness (QED) is 0.754. The number of halogens is 1. The highest BCUT2D eigenvalue weighted by Gasteiger charge is 2.19. The van der Waals surface area contributed by atoms with Gasteiger partial charge in [0.05, 0.1) is 23.5 Å². The lowest BCUT2D eigenvalue weighted by atomic mass is 10.1. The first-order valence-electron chi connectivity index (χ1n) is 8.14. The van der Waals surface area contributed by atoms with Gasteiger partial charge < -0.3 is 5.32 Å². The van der Waals surface area contributed by atoms with Crippen molar-refractivity contribution >= 4 is 17.5 Å². The second kappa shape index (κ2) is 7.49. The van der Waals surface area contributed by atoms with Gasteiger partial charge in [-0.05, 0) is 43.2 Å². The first-order valence-corrected chi connectivity index (χ1v) is 8.52. The maximum atomic E-state index is 12.7. The molecule has 0 radical (unpaired) electrons. The number of carbonyl (C=O) groups is 1. The van der Waals surface area contributed by atoms with E-state index in [1.165, 1.54) is 0 Å². The van der Waals surface area contributed by atoms with Gasteiger partial charge in [0.25, 0.3) is 5.91 Å². The molecule has 3 aromatic rings. The zero-order chi connectivity index (χ0) is 17.8. The molecule has 6 heteroatoms. The molecule has 0 bridgehead atoms. The third-order valence-electron chi connectivity index (χ3n) is 4.03. The minimum Gasteiger partial charge on any atom is -0.345 e. The number of hydrogen-bond acceptors (Lipinski definition) is 3. The molecule has 1 amide bonds. The number of benzene rings is 1. The van der Waals surface area contributed by atoms with Gasteiger partial charge in [-0.1, -0.05) is 36.7 Å². The molecule has 0 saturated heterocycles. The second-order valence-electron chi connectivity index (χ2n) is 5.70. The summed E-state index contributed by atoms with van der Waals surface area (Å²) < 4.78 is 1.71. The largest absolute Gasteiger partial charge is 0.345 e. The summed E-state index contributed by atoms with van der Waals surface area (Å²) in [7, 11) is 0. The molecule has 0 spiro atoms. The fraction of sp³-hybridized carbons (Fsp3) is 0.211. The van der Waals surface area contributed by atoms with Crippen molar-refractivity contribution in [3.63, 3.8) is 0 Å². The average molecular weight is 355 g/mol. The van der Waals surface area contributed by atoms with E-state index in [1.807, 2.05) is 56.3 Å². The molecule has 1 atom stereocenters. The topological polar surface area (TPSA) is 59.8 Å². The SMILES string of the molecule is CCc1c(C(=O)N[C@H](C)c2ccc(Cl)cc2)cnn1-c1ccccn1. The molecule has 25 heavy (non-hydrogen) atoms. The highest BCUT2D eigenvalue weighted by Crippen LogP contribution is 2.18. The molecule has 2 aromatic heterocycles. The first kappa shape index (κ1) is 17.2. The van der Waals surface area contributed by atoms with E-state index in [2.05, 4.69) is 15.4 Å². The molecule has 0 fully saturated rings. The van der Waals surface area contributed by atoms with Gasteiger partial charge >= 0.3 is 0 Å². The summed E-state index contributed by atoms with van der Waals surface area (Å²) in [5, 5.41) is 8.03. The number of carbonyl (C=O) groups excluding carboxylic acids is 1. The first-order chi connectivity index (χ1) is 12.1. The Balaban J connectivity index is 1.83. The number of nitrogens with one attached hydrogen (secondary N) is 1. The highest BCUT2D eigenvalue weighted by molar-refractivity contribution is 6.30. The van der Waals surface area contributed by atoms with Gasteiger partial charge in [0, 0.05) is 11.2 Å². The summed E-state index contributed by atoms with van der Waals surface area (Å²) in [5.41, 5.74) is 2.39. The van der Waals surface area contributed by atoms with Crippen LogP contribution in [0.2, 0.25) is 5.02 Å². The summed E-state index contributed by atoms with van der Waals surface area (Å²) in [4.78, 5) is 17.0. The van der Waals surface area contributed by atoms with Crippen molar-refractivity contribution in [2.24, 2.45) is 0 Å². The van der Waals surface area contributed by atoms with E-state index in [-0.39, 0.29) is 11.9 Å². The van der Waals surface area contributed by atoms with Crippen molar-refractivity contribution < 1.29 is 4.79 Å². The van der Waals surface area contributed by atoms with Crippen molar-refractivity contribution in [1.82, 2.24) is 20.1 Å². The summed E-state index contributed by atoms with van der Waals surface area (Å²) in [6.07, 6.45) is 3.98. The van der Waals surface area contributed by atoms with Gasteiger partial charge in [0.1, 0.15) is 0 Å². The Morgan fingerprint density at radius 2 is 2.00 bits per heavy atom. The minimum absolute atomic E-state index is 0.132. The summed E-state index contributed by atoms with van der Waals surface area (Å²) in [6, 6.07) is 12.9. The molecule has 128 valence electrons. The fourth-order valence-electron chi connectivity index (χ4n) is 2.69. The van der Waals surface area contributed by atoms with E-state index >= 15 is 0 Å². The van der Waals surface area contributed by atoms with Crippen LogP contribution < -0.4 is 5.32 Å². The van der Waals surface area contributed by atoms with Crippen LogP contribution in [0.25, 0.3) is 5.82 Å². The average Bonchev–Trinajstić information content (AvgIpc) is 3.07. The Morgan fingerprint density at radius 1 is 1.24 bits per heavy atom. The lowest BCUT2D eigenvalue weighted by Gasteiger charge is -2.14. The highest BCUT2D eigenvalue weighted by atomic mass is 35.5. The summed E-state index contributed by atoms with van der Waals surface area (Å²) in [6.45, 7) is 3.94. The third-order valence-corrected chi connectivity index (χ3v) is 4.28. The van der Waals surface area contributed by atoms with Crippen molar-refractivity contribution in [2.45, 2.75) is 26.3 Å². The number of amides is 1. The molecule has 5 nitrogen and oxygen atoms in total. The maximum Gasteiger partial charge on any atom is 0.255 e. The lowest BCUT2D eigenvalue weighted by Crippen LogP contribution is -2.27. The Morgan fingerprint density at radius 3 is 2.64 bits per heavy atom. The van der Waals surface area contributed by atoms with Crippen LogP contribution in [0.15, 0.2) is 54.9 Å². The molecular formula is C19H19ClN4O. The van der Waals surface area contributed by atoms with Gasteiger partial charge in [-0.15, -0.1) is 0 Å². The monoisotopic (exact) mass is 354 g/mol. The summed E-state index contributed by atoms with van der Waals surface area (Å²) >= 11 is 5.91. The van der Waals surface area contributed by atoms with E-state index in [9.17, 15) is 4.79 Å². The van der Waals surface area contributed by atoms with Gasteiger partial charge in [-0.25, -0.2) is 9.67 Å².